The third-order valence-electron chi connectivity index (χ3n) is 0.917. The van der Waals surface area contributed by atoms with Crippen LogP contribution in [0, 0.1) is 0 Å². The van der Waals surface area contributed by atoms with Gasteiger partial charge in [-0.1, -0.05) is 13.0 Å². The summed E-state index contributed by atoms with van der Waals surface area (Å²) in [6.07, 6.45) is 3.03. The van der Waals surface area contributed by atoms with Crippen LogP contribution < -0.4 is 0 Å². The van der Waals surface area contributed by atoms with Gasteiger partial charge in [-0.25, -0.2) is 4.40 Å². The van der Waals surface area contributed by atoms with Gasteiger partial charge in [-0.2, -0.15) is 0 Å². The highest BCUT2D eigenvalue weighted by molar-refractivity contribution is 8.01. The third kappa shape index (κ3) is 5.63. The molecular weight excluding hydrogens is 130 g/mol. The Balaban J connectivity index is 3.43. The molecule has 0 spiro atoms. The van der Waals surface area contributed by atoms with Crippen LogP contribution in [0.15, 0.2) is 15.9 Å². The van der Waals surface area contributed by atoms with E-state index in [1.165, 1.54) is 17.7 Å². The molecule has 0 aromatic rings. The molecule has 0 aliphatic rings. The van der Waals surface area contributed by atoms with Crippen molar-refractivity contribution in [2.45, 2.75) is 27.2 Å². The van der Waals surface area contributed by atoms with Gasteiger partial charge in [-0.15, -0.1) is 0 Å². The van der Waals surface area contributed by atoms with Crippen LogP contribution in [0.3, 0.4) is 0 Å². The predicted octanol–water partition coefficient (Wildman–Crippen LogP) is 3.04. The van der Waals surface area contributed by atoms with Gasteiger partial charge >= 0.3 is 0 Å². The smallest absolute Gasteiger partial charge is 0.0232 e. The van der Waals surface area contributed by atoms with Crippen molar-refractivity contribution in [3.63, 3.8) is 0 Å². The van der Waals surface area contributed by atoms with Gasteiger partial charge in [-0.05, 0) is 25.7 Å². The Morgan fingerprint density at radius 2 is 2.33 bits per heavy atom. The first-order chi connectivity index (χ1) is 4.31. The molecule has 2 heteroatoms. The molecule has 0 radical (unpaired) electrons. The van der Waals surface area contributed by atoms with Crippen molar-refractivity contribution in [1.29, 1.82) is 0 Å². The van der Waals surface area contributed by atoms with Crippen molar-refractivity contribution in [1.82, 2.24) is 0 Å². The van der Waals surface area contributed by atoms with E-state index in [9.17, 15) is 0 Å². The molecule has 0 amide bonds. The molecule has 9 heavy (non-hydrogen) atoms. The number of hydrogen-bond donors (Lipinski definition) is 0. The molecule has 0 aliphatic carbocycles. The van der Waals surface area contributed by atoms with E-state index in [-0.39, 0.29) is 0 Å². The zero-order valence-corrected chi connectivity index (χ0v) is 7.03. The van der Waals surface area contributed by atoms with Crippen molar-refractivity contribution < 1.29 is 0 Å². The van der Waals surface area contributed by atoms with E-state index in [1.54, 1.807) is 0 Å². The van der Waals surface area contributed by atoms with Crippen LogP contribution in [0.25, 0.3) is 0 Å². The molecular formula is C7H13NS. The predicted molar refractivity (Wildman–Crippen MR) is 45.8 cm³/mol. The third-order valence-corrected chi connectivity index (χ3v) is 1.73. The van der Waals surface area contributed by atoms with E-state index in [0.717, 1.165) is 6.42 Å². The minimum absolute atomic E-state index is 1.05. The fraction of sp³-hybridized carbons (Fsp3) is 0.571. The SMILES string of the molecule is C/C=C/S/N=C(\C)CC. The van der Waals surface area contributed by atoms with Crippen LogP contribution in [0.4, 0.5) is 0 Å². The summed E-state index contributed by atoms with van der Waals surface area (Å²) < 4.78 is 4.18. The first-order valence-corrected chi connectivity index (χ1v) is 3.95. The van der Waals surface area contributed by atoms with E-state index >= 15 is 0 Å². The maximum Gasteiger partial charge on any atom is 0.0232 e. The van der Waals surface area contributed by atoms with Gasteiger partial charge in [-0.3, -0.25) is 0 Å². The van der Waals surface area contributed by atoms with Gasteiger partial charge in [0, 0.05) is 17.7 Å². The fourth-order valence-electron chi connectivity index (χ4n) is 0.246. The topological polar surface area (TPSA) is 12.4 Å². The lowest BCUT2D eigenvalue weighted by Crippen LogP contribution is -1.82. The van der Waals surface area contributed by atoms with Gasteiger partial charge in [0.15, 0.2) is 0 Å². The fourth-order valence-corrected chi connectivity index (χ4v) is 0.737. The Labute approximate surface area is 61.4 Å². The molecule has 0 atom stereocenters. The molecule has 0 rings (SSSR count). The summed E-state index contributed by atoms with van der Waals surface area (Å²) in [7, 11) is 0. The Bertz CT molecular complexity index is 116. The molecule has 0 aliphatic heterocycles. The summed E-state index contributed by atoms with van der Waals surface area (Å²) in [5, 5.41) is 1.97. The zero-order chi connectivity index (χ0) is 7.11. The van der Waals surface area contributed by atoms with Gasteiger partial charge in [0.25, 0.3) is 0 Å². The Morgan fingerprint density at radius 1 is 1.67 bits per heavy atom. The largest absolute Gasteiger partial charge is 0.221 e. The van der Waals surface area contributed by atoms with Gasteiger partial charge in [0.2, 0.25) is 0 Å². The molecule has 0 bridgehead atoms. The number of allylic oxidation sites excluding steroid dienone is 1. The summed E-state index contributed by atoms with van der Waals surface area (Å²) in [5.74, 6) is 0. The summed E-state index contributed by atoms with van der Waals surface area (Å²) >= 11 is 1.49. The molecule has 0 aromatic heterocycles. The molecule has 0 aromatic carbocycles. The van der Waals surface area contributed by atoms with E-state index in [2.05, 4.69) is 11.3 Å². The molecule has 0 unspecified atom stereocenters. The van der Waals surface area contributed by atoms with Crippen LogP contribution in [0.1, 0.15) is 27.2 Å². The van der Waals surface area contributed by atoms with Gasteiger partial charge in [0.1, 0.15) is 0 Å². The number of hydrogen-bond acceptors (Lipinski definition) is 2. The van der Waals surface area contributed by atoms with Crippen LogP contribution >= 0.6 is 11.9 Å². The minimum atomic E-state index is 1.05. The average Bonchev–Trinajstić information content (AvgIpc) is 1.89. The number of nitrogens with zero attached hydrogens (tertiary/aromatic N) is 1. The van der Waals surface area contributed by atoms with Crippen LogP contribution in [0.2, 0.25) is 0 Å². The van der Waals surface area contributed by atoms with E-state index in [0.29, 0.717) is 0 Å². The standard InChI is InChI=1S/C7H13NS/c1-4-6-9-8-7(3)5-2/h4,6H,5H2,1-3H3/b6-4+,8-7+. The first kappa shape index (κ1) is 8.76. The summed E-state index contributed by atoms with van der Waals surface area (Å²) in [6, 6.07) is 0. The Hall–Kier alpha value is -0.240. The van der Waals surface area contributed by atoms with Crippen molar-refractivity contribution >= 4 is 17.7 Å². The lowest BCUT2D eigenvalue weighted by atomic mass is 10.3. The van der Waals surface area contributed by atoms with Crippen LogP contribution in [-0.2, 0) is 0 Å². The van der Waals surface area contributed by atoms with Crippen molar-refractivity contribution in [2.75, 3.05) is 0 Å². The molecule has 0 saturated heterocycles. The normalized spacial score (nSPS) is 13.0. The highest BCUT2D eigenvalue weighted by atomic mass is 32.2. The monoisotopic (exact) mass is 143 g/mol. The average molecular weight is 143 g/mol. The summed E-state index contributed by atoms with van der Waals surface area (Å²) in [6.45, 7) is 6.13. The maximum atomic E-state index is 4.18. The highest BCUT2D eigenvalue weighted by Gasteiger charge is 1.80. The van der Waals surface area contributed by atoms with E-state index in [1.807, 2.05) is 25.3 Å². The lowest BCUT2D eigenvalue weighted by molar-refractivity contribution is 1.27. The molecule has 0 fully saturated rings. The highest BCUT2D eigenvalue weighted by Crippen LogP contribution is 2.04. The number of rotatable bonds is 3. The quantitative estimate of drug-likeness (QED) is 0.437. The Morgan fingerprint density at radius 3 is 2.78 bits per heavy atom. The molecule has 0 heterocycles. The Kier molecular flexibility index (Phi) is 5.73. The maximum absolute atomic E-state index is 4.18. The van der Waals surface area contributed by atoms with Gasteiger partial charge in [0.05, 0.1) is 0 Å². The lowest BCUT2D eigenvalue weighted by Gasteiger charge is -1.88. The van der Waals surface area contributed by atoms with Crippen molar-refractivity contribution in [3.8, 4) is 0 Å². The second-order valence-corrected chi connectivity index (χ2v) is 2.42. The van der Waals surface area contributed by atoms with Crippen molar-refractivity contribution in [3.05, 3.63) is 11.5 Å². The molecule has 1 nitrogen and oxygen atoms in total. The summed E-state index contributed by atoms with van der Waals surface area (Å²) in [4.78, 5) is 0. The van der Waals surface area contributed by atoms with E-state index in [4.69, 9.17) is 0 Å². The second-order valence-electron chi connectivity index (χ2n) is 1.75. The van der Waals surface area contributed by atoms with E-state index < -0.39 is 0 Å². The summed E-state index contributed by atoms with van der Waals surface area (Å²) in [5.41, 5.74) is 1.19. The molecule has 52 valence electrons. The zero-order valence-electron chi connectivity index (χ0n) is 6.22. The van der Waals surface area contributed by atoms with Crippen LogP contribution in [0.5, 0.6) is 0 Å². The molecule has 0 saturated carbocycles. The van der Waals surface area contributed by atoms with Gasteiger partial charge < -0.3 is 0 Å². The second kappa shape index (κ2) is 5.89. The minimum Gasteiger partial charge on any atom is -0.221 e. The molecule has 0 N–H and O–H groups in total. The first-order valence-electron chi connectivity index (χ1n) is 3.11. The van der Waals surface area contributed by atoms with Crippen molar-refractivity contribution in [2.24, 2.45) is 4.40 Å². The van der Waals surface area contributed by atoms with Crippen LogP contribution in [-0.4, -0.2) is 5.71 Å².